The van der Waals surface area contributed by atoms with Gasteiger partial charge in [0, 0.05) is 28.8 Å². The Morgan fingerprint density at radius 2 is 1.82 bits per heavy atom. The summed E-state index contributed by atoms with van der Waals surface area (Å²) in [6.45, 7) is 3.87. The Morgan fingerprint density at radius 1 is 1.04 bits per heavy atom. The fraction of sp³-hybridized carbons (Fsp3) is 0.143. The predicted octanol–water partition coefficient (Wildman–Crippen LogP) is 3.52. The quantitative estimate of drug-likeness (QED) is 0.509. The van der Waals surface area contributed by atoms with Gasteiger partial charge in [0.25, 0.3) is 5.91 Å². The van der Waals surface area contributed by atoms with Crippen molar-refractivity contribution in [2.24, 2.45) is 0 Å². The van der Waals surface area contributed by atoms with E-state index in [1.54, 1.807) is 25.3 Å². The lowest BCUT2D eigenvalue weighted by Gasteiger charge is -2.11. The highest BCUT2D eigenvalue weighted by atomic mass is 16.5. The Hall–Kier alpha value is -3.74. The number of aryl methyl sites for hydroxylation is 1. The van der Waals surface area contributed by atoms with Crippen LogP contribution in [0.1, 0.15) is 21.7 Å². The van der Waals surface area contributed by atoms with Gasteiger partial charge in [-0.05, 0) is 50.2 Å². The van der Waals surface area contributed by atoms with Crippen LogP contribution >= 0.6 is 0 Å². The summed E-state index contributed by atoms with van der Waals surface area (Å²) in [7, 11) is 1.63. The Bertz CT molecular complexity index is 1250. The van der Waals surface area contributed by atoms with E-state index in [-0.39, 0.29) is 11.6 Å². The van der Waals surface area contributed by atoms with E-state index in [0.717, 1.165) is 22.8 Å². The number of hydrogen-bond acceptors (Lipinski definition) is 3. The molecule has 2 aromatic carbocycles. The molecule has 4 rings (SSSR count). The van der Waals surface area contributed by atoms with Crippen molar-refractivity contribution in [2.75, 3.05) is 12.4 Å². The lowest BCUT2D eigenvalue weighted by molar-refractivity contribution is 0.102. The van der Waals surface area contributed by atoms with Crippen LogP contribution in [0.5, 0.6) is 5.75 Å². The first-order chi connectivity index (χ1) is 13.5. The molecular formula is C21H20N4O3. The first-order valence-corrected chi connectivity index (χ1v) is 8.83. The Morgan fingerprint density at radius 3 is 2.61 bits per heavy atom. The second-order valence-corrected chi connectivity index (χ2v) is 6.62. The van der Waals surface area contributed by atoms with E-state index in [1.807, 2.05) is 48.7 Å². The topological polar surface area (TPSA) is 91.9 Å². The summed E-state index contributed by atoms with van der Waals surface area (Å²) in [6.07, 6.45) is 0. The van der Waals surface area contributed by atoms with Crippen molar-refractivity contribution in [3.05, 3.63) is 76.0 Å². The maximum atomic E-state index is 12.9. The van der Waals surface area contributed by atoms with E-state index in [1.165, 1.54) is 0 Å². The molecule has 0 bridgehead atoms. The van der Waals surface area contributed by atoms with Crippen LogP contribution in [0.15, 0.2) is 53.3 Å². The fourth-order valence-electron chi connectivity index (χ4n) is 3.45. The lowest BCUT2D eigenvalue weighted by atomic mass is 10.2. The minimum absolute atomic E-state index is 0.209. The molecule has 4 aromatic rings. The number of carbonyl (C=O) groups excluding carboxylic acids is 1. The molecule has 7 heteroatoms. The molecule has 1 amide bonds. The summed E-state index contributed by atoms with van der Waals surface area (Å²) in [5, 5.41) is 2.90. The van der Waals surface area contributed by atoms with E-state index in [9.17, 15) is 9.59 Å². The van der Waals surface area contributed by atoms with Crippen LogP contribution in [-0.2, 0) is 0 Å². The third-order valence-electron chi connectivity index (χ3n) is 4.76. The number of hydrogen-bond donors (Lipinski definition) is 3. The molecule has 28 heavy (non-hydrogen) atoms. The molecule has 142 valence electrons. The number of imidazole rings is 1. The largest absolute Gasteiger partial charge is 0.497 e. The van der Waals surface area contributed by atoms with Crippen molar-refractivity contribution >= 4 is 22.6 Å². The number of nitrogens with one attached hydrogen (secondary N) is 3. The van der Waals surface area contributed by atoms with Crippen molar-refractivity contribution in [3.63, 3.8) is 0 Å². The Kier molecular flexibility index (Phi) is 4.27. The number of benzene rings is 2. The molecule has 0 aliphatic heterocycles. The zero-order chi connectivity index (χ0) is 19.8. The standard InChI is InChI=1S/C21H20N4O3/c1-12-9-17(13(2)25(12)15-5-4-6-16(11-15)28-3)20(26)22-14-7-8-18-19(10-14)24-21(27)23-18/h4-11H,1-3H3,(H,22,26)(H2,23,24,27). The lowest BCUT2D eigenvalue weighted by Crippen LogP contribution is -2.13. The number of anilines is 1. The molecule has 0 spiro atoms. The summed E-state index contributed by atoms with van der Waals surface area (Å²) < 4.78 is 7.32. The minimum atomic E-state index is -0.277. The highest BCUT2D eigenvalue weighted by Gasteiger charge is 2.17. The zero-order valence-corrected chi connectivity index (χ0v) is 15.8. The normalized spacial score (nSPS) is 11.0. The highest BCUT2D eigenvalue weighted by Crippen LogP contribution is 2.25. The predicted molar refractivity (Wildman–Crippen MR) is 109 cm³/mol. The first kappa shape index (κ1) is 17.7. The number of nitrogens with zero attached hydrogens (tertiary/aromatic N) is 1. The monoisotopic (exact) mass is 376 g/mol. The number of methoxy groups -OCH3 is 1. The average molecular weight is 376 g/mol. The molecule has 0 atom stereocenters. The molecule has 0 radical (unpaired) electrons. The number of amides is 1. The van der Waals surface area contributed by atoms with E-state index in [4.69, 9.17) is 4.74 Å². The number of ether oxygens (including phenoxy) is 1. The van der Waals surface area contributed by atoms with Crippen LogP contribution < -0.4 is 15.7 Å². The van der Waals surface area contributed by atoms with Crippen LogP contribution in [0.25, 0.3) is 16.7 Å². The smallest absolute Gasteiger partial charge is 0.323 e. The van der Waals surface area contributed by atoms with E-state index >= 15 is 0 Å². The molecule has 0 aliphatic carbocycles. The van der Waals surface area contributed by atoms with E-state index in [0.29, 0.717) is 22.3 Å². The second-order valence-electron chi connectivity index (χ2n) is 6.62. The molecule has 2 heterocycles. The van der Waals surface area contributed by atoms with Gasteiger partial charge in [-0.25, -0.2) is 4.79 Å². The Labute approximate surface area is 161 Å². The van der Waals surface area contributed by atoms with Crippen LogP contribution in [0.4, 0.5) is 5.69 Å². The fourth-order valence-corrected chi connectivity index (χ4v) is 3.45. The van der Waals surface area contributed by atoms with Crippen LogP contribution in [0, 0.1) is 13.8 Å². The maximum Gasteiger partial charge on any atom is 0.323 e. The van der Waals surface area contributed by atoms with Crippen molar-refractivity contribution < 1.29 is 9.53 Å². The molecule has 2 aromatic heterocycles. The van der Waals surface area contributed by atoms with Crippen LogP contribution in [0.3, 0.4) is 0 Å². The molecular weight excluding hydrogens is 356 g/mol. The first-order valence-electron chi connectivity index (χ1n) is 8.83. The van der Waals surface area contributed by atoms with Gasteiger partial charge in [0.05, 0.1) is 23.7 Å². The SMILES string of the molecule is COc1cccc(-n2c(C)cc(C(=O)Nc3ccc4[nH]c(=O)[nH]c4c3)c2C)c1. The molecule has 0 unspecified atom stereocenters. The van der Waals surface area contributed by atoms with Gasteiger partial charge >= 0.3 is 5.69 Å². The van der Waals surface area contributed by atoms with Gasteiger partial charge in [0.2, 0.25) is 0 Å². The minimum Gasteiger partial charge on any atom is -0.497 e. The van der Waals surface area contributed by atoms with Crippen molar-refractivity contribution in [3.8, 4) is 11.4 Å². The van der Waals surface area contributed by atoms with Gasteiger partial charge < -0.3 is 24.6 Å². The molecule has 7 nitrogen and oxygen atoms in total. The van der Waals surface area contributed by atoms with Gasteiger partial charge in [0.1, 0.15) is 5.75 Å². The van der Waals surface area contributed by atoms with Crippen molar-refractivity contribution in [1.82, 2.24) is 14.5 Å². The average Bonchev–Trinajstić information content (AvgIpc) is 3.19. The zero-order valence-electron chi connectivity index (χ0n) is 15.8. The molecule has 0 saturated carbocycles. The summed E-state index contributed by atoms with van der Waals surface area (Å²) in [6, 6.07) is 14.8. The number of aromatic nitrogens is 3. The third kappa shape index (κ3) is 3.07. The molecule has 0 fully saturated rings. The van der Waals surface area contributed by atoms with Crippen molar-refractivity contribution in [2.45, 2.75) is 13.8 Å². The highest BCUT2D eigenvalue weighted by molar-refractivity contribution is 6.06. The number of fused-ring (bicyclic) bond motifs is 1. The number of aromatic amines is 2. The Balaban J connectivity index is 1.66. The van der Waals surface area contributed by atoms with E-state index in [2.05, 4.69) is 15.3 Å². The van der Waals surface area contributed by atoms with Gasteiger partial charge in [-0.3, -0.25) is 4.79 Å². The van der Waals surface area contributed by atoms with Crippen LogP contribution in [0.2, 0.25) is 0 Å². The maximum absolute atomic E-state index is 12.9. The van der Waals surface area contributed by atoms with Gasteiger partial charge in [-0.1, -0.05) is 6.07 Å². The van der Waals surface area contributed by atoms with Crippen LogP contribution in [-0.4, -0.2) is 27.6 Å². The van der Waals surface area contributed by atoms with Gasteiger partial charge in [0.15, 0.2) is 0 Å². The number of H-pyrrole nitrogens is 2. The number of carbonyl (C=O) groups is 1. The molecule has 3 N–H and O–H groups in total. The van der Waals surface area contributed by atoms with Gasteiger partial charge in [-0.2, -0.15) is 0 Å². The molecule has 0 aliphatic rings. The second kappa shape index (κ2) is 6.77. The summed E-state index contributed by atoms with van der Waals surface area (Å²) in [4.78, 5) is 29.6. The summed E-state index contributed by atoms with van der Waals surface area (Å²) >= 11 is 0. The summed E-state index contributed by atoms with van der Waals surface area (Å²) in [5.74, 6) is 0.546. The van der Waals surface area contributed by atoms with Gasteiger partial charge in [-0.15, -0.1) is 0 Å². The summed E-state index contributed by atoms with van der Waals surface area (Å²) in [5.41, 5.74) is 4.96. The molecule has 0 saturated heterocycles. The van der Waals surface area contributed by atoms with E-state index < -0.39 is 0 Å². The number of rotatable bonds is 4. The third-order valence-corrected chi connectivity index (χ3v) is 4.76. The van der Waals surface area contributed by atoms with Crippen molar-refractivity contribution in [1.29, 1.82) is 0 Å².